The number of benzene rings is 3. The Hall–Kier alpha value is -5.57. The van der Waals surface area contributed by atoms with Crippen molar-refractivity contribution in [2.24, 2.45) is 0 Å². The van der Waals surface area contributed by atoms with Crippen LogP contribution in [0.1, 0.15) is 25.7 Å². The molecule has 2 fully saturated rings. The highest BCUT2D eigenvalue weighted by Crippen LogP contribution is 2.37. The Morgan fingerprint density at radius 2 is 1.76 bits per heavy atom. The summed E-state index contributed by atoms with van der Waals surface area (Å²) in [5.74, 6) is 0.244. The standard InChI is InChI=1S/C34H35ClFN7O7/c1-19(42(27-12-10-24(48-3)18-28(27)49-4)33(46)37-23-8-6-22(36)7-9-23)30-38-26-11-5-21(35)17-25(26)31(44)43(30)41-15-13-40(14-16-41)32(45)29-20(2)50-34(47)39-29/h5-12,17-20,29H,13-16H2,1-4H3,(H,37,46)(H,39,47)/t19?,20-,29+/m1/s1. The maximum Gasteiger partial charge on any atom is 0.408 e. The number of cyclic esters (lactones) is 1. The molecule has 1 unspecified atom stereocenters. The Kier molecular flexibility index (Phi) is 9.68. The van der Waals surface area contributed by atoms with Gasteiger partial charge in [0.05, 0.1) is 49.9 Å². The number of urea groups is 1. The second-order valence-corrected chi connectivity index (χ2v) is 12.2. The molecule has 2 aliphatic rings. The highest BCUT2D eigenvalue weighted by atomic mass is 35.5. The van der Waals surface area contributed by atoms with Gasteiger partial charge in [-0.1, -0.05) is 11.6 Å². The molecule has 50 heavy (non-hydrogen) atoms. The average molecular weight is 708 g/mol. The summed E-state index contributed by atoms with van der Waals surface area (Å²) < 4.78 is 31.3. The lowest BCUT2D eigenvalue weighted by atomic mass is 10.1. The number of methoxy groups -OCH3 is 2. The van der Waals surface area contributed by atoms with Crippen LogP contribution >= 0.6 is 11.6 Å². The molecule has 0 spiro atoms. The van der Waals surface area contributed by atoms with Gasteiger partial charge in [-0.25, -0.2) is 23.6 Å². The maximum absolute atomic E-state index is 14.3. The number of ether oxygens (including phenoxy) is 3. The number of halogens is 2. The van der Waals surface area contributed by atoms with Gasteiger partial charge >= 0.3 is 12.1 Å². The number of piperazine rings is 1. The van der Waals surface area contributed by atoms with Gasteiger partial charge < -0.3 is 34.8 Å². The number of carbonyl (C=O) groups excluding carboxylic acids is 3. The van der Waals surface area contributed by atoms with E-state index in [2.05, 4.69) is 10.6 Å². The third kappa shape index (κ3) is 6.68. The number of hydrogen-bond donors (Lipinski definition) is 2. The van der Waals surface area contributed by atoms with Crippen molar-refractivity contribution >= 4 is 51.9 Å². The molecule has 0 aliphatic carbocycles. The maximum atomic E-state index is 14.3. The van der Waals surface area contributed by atoms with Gasteiger partial charge in [-0.15, -0.1) is 0 Å². The molecule has 6 rings (SSSR count). The van der Waals surface area contributed by atoms with Crippen LogP contribution in [0.2, 0.25) is 5.02 Å². The summed E-state index contributed by atoms with van der Waals surface area (Å²) in [5.41, 5.74) is 0.601. The molecule has 14 nitrogen and oxygen atoms in total. The third-order valence-electron chi connectivity index (χ3n) is 8.71. The van der Waals surface area contributed by atoms with E-state index in [-0.39, 0.29) is 43.3 Å². The van der Waals surface area contributed by atoms with Gasteiger partial charge in [0.2, 0.25) is 5.91 Å². The molecule has 4 aromatic rings. The minimum Gasteiger partial charge on any atom is -0.497 e. The Bertz CT molecular complexity index is 2000. The first-order valence-corrected chi connectivity index (χ1v) is 16.2. The van der Waals surface area contributed by atoms with Crippen molar-refractivity contribution in [3.63, 3.8) is 0 Å². The highest BCUT2D eigenvalue weighted by Gasteiger charge is 2.40. The number of carbonyl (C=O) groups is 3. The summed E-state index contributed by atoms with van der Waals surface area (Å²) in [6.45, 7) is 4.27. The first-order valence-electron chi connectivity index (χ1n) is 15.8. The van der Waals surface area contributed by atoms with Crippen LogP contribution in [0.3, 0.4) is 0 Å². The summed E-state index contributed by atoms with van der Waals surface area (Å²) in [5, 5.41) is 7.73. The van der Waals surface area contributed by atoms with Crippen LogP contribution in [-0.2, 0) is 9.53 Å². The van der Waals surface area contributed by atoms with Crippen LogP contribution in [0.5, 0.6) is 11.5 Å². The van der Waals surface area contributed by atoms with Crippen molar-refractivity contribution in [1.29, 1.82) is 0 Å². The van der Waals surface area contributed by atoms with Crippen LogP contribution in [0.25, 0.3) is 10.9 Å². The Morgan fingerprint density at radius 3 is 2.40 bits per heavy atom. The minimum absolute atomic E-state index is 0.210. The van der Waals surface area contributed by atoms with Crippen LogP contribution in [0, 0.1) is 5.82 Å². The van der Waals surface area contributed by atoms with Crippen molar-refractivity contribution in [2.45, 2.75) is 32.0 Å². The molecule has 0 radical (unpaired) electrons. The molecule has 2 saturated heterocycles. The lowest BCUT2D eigenvalue weighted by Crippen LogP contribution is -2.59. The summed E-state index contributed by atoms with van der Waals surface area (Å²) in [6.07, 6.45) is -1.28. The van der Waals surface area contributed by atoms with E-state index in [1.54, 1.807) is 54.1 Å². The van der Waals surface area contributed by atoms with E-state index in [9.17, 15) is 23.6 Å². The zero-order chi connectivity index (χ0) is 35.7. The molecule has 1 aromatic heterocycles. The summed E-state index contributed by atoms with van der Waals surface area (Å²) in [7, 11) is 2.96. The van der Waals surface area contributed by atoms with Gasteiger partial charge in [-0.05, 0) is 68.4 Å². The van der Waals surface area contributed by atoms with E-state index in [1.165, 1.54) is 54.1 Å². The van der Waals surface area contributed by atoms with Crippen molar-refractivity contribution in [3.05, 3.63) is 87.7 Å². The lowest BCUT2D eigenvalue weighted by Gasteiger charge is -2.39. The fourth-order valence-electron chi connectivity index (χ4n) is 6.11. The molecule has 2 N–H and O–H groups in total. The second kappa shape index (κ2) is 14.1. The van der Waals surface area contributed by atoms with Crippen LogP contribution in [0.15, 0.2) is 65.5 Å². The van der Waals surface area contributed by atoms with Gasteiger partial charge in [-0.2, -0.15) is 0 Å². The van der Waals surface area contributed by atoms with E-state index < -0.39 is 41.7 Å². The molecule has 262 valence electrons. The monoisotopic (exact) mass is 707 g/mol. The number of rotatable bonds is 8. The molecule has 16 heteroatoms. The van der Waals surface area contributed by atoms with E-state index in [4.69, 9.17) is 30.8 Å². The van der Waals surface area contributed by atoms with E-state index in [0.717, 1.165) is 0 Å². The minimum atomic E-state index is -0.920. The Balaban J connectivity index is 1.42. The first kappa shape index (κ1) is 34.3. The van der Waals surface area contributed by atoms with Crippen molar-refractivity contribution < 1.29 is 33.0 Å². The predicted octanol–water partition coefficient (Wildman–Crippen LogP) is 4.28. The fraction of sp³-hybridized carbons (Fsp3) is 0.324. The number of alkyl carbamates (subject to hydrolysis) is 1. The SMILES string of the molecule is COc1ccc(N(C(=O)Nc2ccc(F)cc2)C(C)c2nc3ccc(Cl)cc3c(=O)n2N2CCN(C(=O)[C@H]3NC(=O)O[C@@H]3C)CC2)c(OC)c1. The van der Waals surface area contributed by atoms with Gasteiger partial charge in [0, 0.05) is 29.9 Å². The fourth-order valence-corrected chi connectivity index (χ4v) is 6.28. The number of nitrogens with zero attached hydrogens (tertiary/aromatic N) is 5. The number of nitrogens with one attached hydrogen (secondary N) is 2. The molecule has 0 saturated carbocycles. The molecule has 3 atom stereocenters. The van der Waals surface area contributed by atoms with Gasteiger partial charge in [0.1, 0.15) is 29.5 Å². The number of amides is 4. The molecule has 3 heterocycles. The number of hydrogen-bond acceptors (Lipinski definition) is 9. The van der Waals surface area contributed by atoms with Gasteiger partial charge in [-0.3, -0.25) is 14.5 Å². The Morgan fingerprint density at radius 1 is 1.04 bits per heavy atom. The largest absolute Gasteiger partial charge is 0.497 e. The number of anilines is 2. The first-order chi connectivity index (χ1) is 24.0. The third-order valence-corrected chi connectivity index (χ3v) is 8.94. The van der Waals surface area contributed by atoms with Gasteiger partial charge in [0.25, 0.3) is 5.56 Å². The molecule has 0 bridgehead atoms. The molecular formula is C34H35ClFN7O7. The van der Waals surface area contributed by atoms with E-state index >= 15 is 0 Å². The van der Waals surface area contributed by atoms with Gasteiger partial charge in [0.15, 0.2) is 5.82 Å². The van der Waals surface area contributed by atoms with E-state index in [1.807, 2.05) is 0 Å². The second-order valence-electron chi connectivity index (χ2n) is 11.8. The van der Waals surface area contributed by atoms with Crippen molar-refractivity contribution in [3.8, 4) is 11.5 Å². The molecule has 4 amide bonds. The lowest BCUT2D eigenvalue weighted by molar-refractivity contribution is -0.134. The van der Waals surface area contributed by atoms with Crippen LogP contribution in [0.4, 0.5) is 25.4 Å². The highest BCUT2D eigenvalue weighted by molar-refractivity contribution is 6.31. The van der Waals surface area contributed by atoms with Crippen LogP contribution < -0.4 is 35.6 Å². The summed E-state index contributed by atoms with van der Waals surface area (Å²) >= 11 is 6.30. The number of aromatic nitrogens is 2. The number of fused-ring (bicyclic) bond motifs is 1. The topological polar surface area (TPSA) is 148 Å². The summed E-state index contributed by atoms with van der Waals surface area (Å²) in [6, 6.07) is 12.7. The molecule has 3 aromatic carbocycles. The smallest absolute Gasteiger partial charge is 0.408 e. The van der Waals surface area contributed by atoms with Crippen molar-refractivity contribution in [2.75, 3.05) is 55.6 Å². The van der Waals surface area contributed by atoms with Crippen molar-refractivity contribution in [1.82, 2.24) is 19.9 Å². The molecule has 2 aliphatic heterocycles. The zero-order valence-corrected chi connectivity index (χ0v) is 28.4. The summed E-state index contributed by atoms with van der Waals surface area (Å²) in [4.78, 5) is 61.5. The average Bonchev–Trinajstić information content (AvgIpc) is 3.46. The Labute approximate surface area is 291 Å². The predicted molar refractivity (Wildman–Crippen MR) is 184 cm³/mol. The quantitative estimate of drug-likeness (QED) is 0.274. The zero-order valence-electron chi connectivity index (χ0n) is 27.7. The van der Waals surface area contributed by atoms with Crippen LogP contribution in [-0.4, -0.2) is 85.1 Å². The van der Waals surface area contributed by atoms with E-state index in [0.29, 0.717) is 33.4 Å². The normalized spacial score (nSPS) is 17.9. The molecular weight excluding hydrogens is 673 g/mol.